The Kier molecular flexibility index (Phi) is 6.22. The van der Waals surface area contributed by atoms with Gasteiger partial charge in [0.2, 0.25) is 5.91 Å². The van der Waals surface area contributed by atoms with Gasteiger partial charge in [-0.3, -0.25) is 14.4 Å². The van der Waals surface area contributed by atoms with E-state index in [4.69, 9.17) is 11.5 Å². The second-order valence-corrected chi connectivity index (χ2v) is 8.85. The number of carbonyl (C=O) groups excluding carboxylic acids is 3. The molecule has 2 aliphatic heterocycles. The van der Waals surface area contributed by atoms with Crippen LogP contribution in [0.25, 0.3) is 0 Å². The molecule has 0 aromatic heterocycles. The number of phenols is 1. The number of hydrogen-bond donors (Lipinski definition) is 3. The smallest absolute Gasteiger partial charge is 0.256 e. The summed E-state index contributed by atoms with van der Waals surface area (Å²) in [7, 11) is 0. The van der Waals surface area contributed by atoms with Crippen LogP contribution in [0.3, 0.4) is 0 Å². The average Bonchev–Trinajstić information content (AvgIpc) is 2.98. The van der Waals surface area contributed by atoms with Crippen LogP contribution in [-0.4, -0.2) is 58.8 Å². The molecule has 0 spiro atoms. The van der Waals surface area contributed by atoms with E-state index in [0.717, 1.165) is 25.3 Å². The summed E-state index contributed by atoms with van der Waals surface area (Å²) >= 11 is 0. The van der Waals surface area contributed by atoms with Crippen LogP contribution in [0.2, 0.25) is 0 Å². The van der Waals surface area contributed by atoms with Crippen molar-refractivity contribution in [1.29, 1.82) is 0 Å². The van der Waals surface area contributed by atoms with Crippen LogP contribution in [0.5, 0.6) is 5.75 Å². The molecular weight excluding hydrogens is 427 g/mol. The number of primary amides is 1. The van der Waals surface area contributed by atoms with E-state index in [2.05, 4.69) is 0 Å². The molecule has 9 heteroatoms. The summed E-state index contributed by atoms with van der Waals surface area (Å²) in [5.41, 5.74) is 11.6. The largest absolute Gasteiger partial charge is 0.508 e. The first kappa shape index (κ1) is 22.6. The number of phenolic OH excluding ortho intramolecular Hbond substituents is 1. The summed E-state index contributed by atoms with van der Waals surface area (Å²) in [6.45, 7) is 2.07. The third-order valence-corrected chi connectivity index (χ3v) is 6.53. The third kappa shape index (κ3) is 4.76. The fourth-order valence-electron chi connectivity index (χ4n) is 4.67. The van der Waals surface area contributed by atoms with Crippen LogP contribution >= 0.6 is 0 Å². The Morgan fingerprint density at radius 1 is 0.909 bits per heavy atom. The number of rotatable bonds is 4. The summed E-state index contributed by atoms with van der Waals surface area (Å²) in [6.07, 6.45) is 2.66. The summed E-state index contributed by atoms with van der Waals surface area (Å²) in [6, 6.07) is 7.88. The van der Waals surface area contributed by atoms with Crippen LogP contribution in [0.1, 0.15) is 50.3 Å². The van der Waals surface area contributed by atoms with Crippen molar-refractivity contribution in [3.8, 4) is 5.75 Å². The lowest BCUT2D eigenvalue weighted by atomic mass is 9.82. The van der Waals surface area contributed by atoms with Gasteiger partial charge in [-0.1, -0.05) is 6.42 Å². The van der Waals surface area contributed by atoms with Crippen molar-refractivity contribution in [1.82, 2.24) is 9.80 Å². The van der Waals surface area contributed by atoms with Gasteiger partial charge in [0.05, 0.1) is 5.56 Å². The number of nitrogens with two attached hydrogens (primary N) is 2. The van der Waals surface area contributed by atoms with Gasteiger partial charge in [0.15, 0.2) is 0 Å². The summed E-state index contributed by atoms with van der Waals surface area (Å²) in [5.74, 6) is -1.70. The highest BCUT2D eigenvalue weighted by Crippen LogP contribution is 2.32. The van der Waals surface area contributed by atoms with Gasteiger partial charge in [-0.15, -0.1) is 0 Å². The molecule has 2 aliphatic rings. The van der Waals surface area contributed by atoms with Gasteiger partial charge in [-0.05, 0) is 55.0 Å². The van der Waals surface area contributed by atoms with Crippen molar-refractivity contribution < 1.29 is 23.9 Å². The average molecular weight is 455 g/mol. The molecule has 0 saturated carbocycles. The molecule has 0 radical (unpaired) electrons. The minimum atomic E-state index is -0.717. The minimum absolute atomic E-state index is 0.0546. The number of anilines is 1. The van der Waals surface area contributed by atoms with Gasteiger partial charge in [0.25, 0.3) is 11.8 Å². The number of nitrogen functional groups attached to an aromatic ring is 1. The molecule has 5 N–H and O–H groups in total. The number of hydrogen-bond acceptors (Lipinski definition) is 5. The molecular formula is C24H27FN4O4. The number of nitrogens with zero attached hydrogens (tertiary/aromatic N) is 2. The van der Waals surface area contributed by atoms with E-state index in [1.165, 1.54) is 30.3 Å². The predicted molar refractivity (Wildman–Crippen MR) is 120 cm³/mol. The molecule has 1 unspecified atom stereocenters. The zero-order valence-corrected chi connectivity index (χ0v) is 18.2. The van der Waals surface area contributed by atoms with E-state index in [-0.39, 0.29) is 34.6 Å². The number of carbonyl (C=O) groups is 3. The molecule has 2 aromatic carbocycles. The number of benzene rings is 2. The van der Waals surface area contributed by atoms with Crippen LogP contribution in [0, 0.1) is 17.7 Å². The minimum Gasteiger partial charge on any atom is -0.508 e. The summed E-state index contributed by atoms with van der Waals surface area (Å²) in [4.78, 5) is 40.6. The zero-order valence-electron chi connectivity index (χ0n) is 18.2. The Morgan fingerprint density at radius 3 is 2.33 bits per heavy atom. The summed E-state index contributed by atoms with van der Waals surface area (Å²) in [5, 5.41) is 9.70. The van der Waals surface area contributed by atoms with Gasteiger partial charge < -0.3 is 26.4 Å². The molecule has 4 rings (SSSR count). The standard InChI is InChI=1S/C24H27FN4O4/c25-21-5-4-14(22(27)31)9-20(21)24(33)28-6-2-1-3-15(11-28)17-12-29(13-17)23(32)16-7-18(26)10-19(30)8-16/h4-5,7-10,15,17,30H,1-3,6,11-13,26H2,(H2,27,31). The maximum Gasteiger partial charge on any atom is 0.256 e. The van der Waals surface area contributed by atoms with E-state index >= 15 is 0 Å². The summed E-state index contributed by atoms with van der Waals surface area (Å²) < 4.78 is 14.4. The van der Waals surface area contributed by atoms with Crippen LogP contribution in [0.4, 0.5) is 10.1 Å². The Hall–Kier alpha value is -3.62. The fraction of sp³-hybridized carbons (Fsp3) is 0.375. The van der Waals surface area contributed by atoms with Crippen molar-refractivity contribution in [2.45, 2.75) is 19.3 Å². The van der Waals surface area contributed by atoms with Gasteiger partial charge in [0.1, 0.15) is 11.6 Å². The highest BCUT2D eigenvalue weighted by molar-refractivity contribution is 5.99. The van der Waals surface area contributed by atoms with Crippen molar-refractivity contribution >= 4 is 23.4 Å². The molecule has 2 aromatic rings. The molecule has 1 atom stereocenters. The first-order valence-corrected chi connectivity index (χ1v) is 11.0. The highest BCUT2D eigenvalue weighted by atomic mass is 19.1. The van der Waals surface area contributed by atoms with Gasteiger partial charge in [-0.2, -0.15) is 0 Å². The normalized spacial score (nSPS) is 19.0. The van der Waals surface area contributed by atoms with E-state index < -0.39 is 17.6 Å². The molecule has 8 nitrogen and oxygen atoms in total. The first-order valence-electron chi connectivity index (χ1n) is 11.0. The Morgan fingerprint density at radius 2 is 1.64 bits per heavy atom. The molecule has 174 valence electrons. The molecule has 33 heavy (non-hydrogen) atoms. The van der Waals surface area contributed by atoms with Crippen molar-refractivity contribution in [3.63, 3.8) is 0 Å². The van der Waals surface area contributed by atoms with E-state index in [9.17, 15) is 23.9 Å². The quantitative estimate of drug-likeness (QED) is 0.610. The Labute approximate surface area is 190 Å². The lowest BCUT2D eigenvalue weighted by Gasteiger charge is -2.44. The maximum absolute atomic E-state index is 14.4. The van der Waals surface area contributed by atoms with Gasteiger partial charge >= 0.3 is 0 Å². The lowest BCUT2D eigenvalue weighted by molar-refractivity contribution is 0.0293. The van der Waals surface area contributed by atoms with E-state index in [0.29, 0.717) is 37.4 Å². The van der Waals surface area contributed by atoms with Crippen molar-refractivity contribution in [2.75, 3.05) is 31.9 Å². The third-order valence-electron chi connectivity index (χ3n) is 6.53. The molecule has 0 bridgehead atoms. The SMILES string of the molecule is NC(=O)c1ccc(F)c(C(=O)N2CCCCC(C3CN(C(=O)c4cc(N)cc(O)c4)C3)C2)c1. The number of amides is 3. The number of likely N-dealkylation sites (tertiary alicyclic amines) is 2. The van der Waals surface area contributed by atoms with Crippen LogP contribution in [0.15, 0.2) is 36.4 Å². The van der Waals surface area contributed by atoms with E-state index in [1.54, 1.807) is 9.80 Å². The molecule has 3 amide bonds. The number of halogens is 1. The first-order chi connectivity index (χ1) is 15.7. The van der Waals surface area contributed by atoms with Gasteiger partial charge in [-0.25, -0.2) is 4.39 Å². The second-order valence-electron chi connectivity index (χ2n) is 8.85. The Balaban J connectivity index is 1.42. The fourth-order valence-corrected chi connectivity index (χ4v) is 4.67. The topological polar surface area (TPSA) is 130 Å². The van der Waals surface area contributed by atoms with Crippen molar-refractivity contribution in [3.05, 3.63) is 58.9 Å². The zero-order chi connectivity index (χ0) is 23.7. The highest BCUT2D eigenvalue weighted by Gasteiger charge is 2.38. The lowest BCUT2D eigenvalue weighted by Crippen LogP contribution is -2.54. The number of aromatic hydroxyl groups is 1. The molecule has 2 heterocycles. The van der Waals surface area contributed by atoms with Crippen LogP contribution in [-0.2, 0) is 0 Å². The molecule has 2 fully saturated rings. The van der Waals surface area contributed by atoms with Crippen LogP contribution < -0.4 is 11.5 Å². The Bertz CT molecular complexity index is 1080. The molecule has 0 aliphatic carbocycles. The maximum atomic E-state index is 14.4. The van der Waals surface area contributed by atoms with Gasteiger partial charge in [0, 0.05) is 49.1 Å². The van der Waals surface area contributed by atoms with Crippen molar-refractivity contribution in [2.24, 2.45) is 17.6 Å². The monoisotopic (exact) mass is 454 g/mol. The molecule has 2 saturated heterocycles. The predicted octanol–water partition coefficient (Wildman–Crippen LogP) is 2.23. The second kappa shape index (κ2) is 9.09. The van der Waals surface area contributed by atoms with E-state index in [1.807, 2.05) is 0 Å².